The van der Waals surface area contributed by atoms with Crippen molar-refractivity contribution in [2.75, 3.05) is 13.2 Å². The van der Waals surface area contributed by atoms with Gasteiger partial charge >= 0.3 is 0 Å². The average Bonchev–Trinajstić information content (AvgIpc) is 2.58. The van der Waals surface area contributed by atoms with Crippen molar-refractivity contribution in [1.29, 1.82) is 5.26 Å². The van der Waals surface area contributed by atoms with Crippen LogP contribution in [0.4, 0.5) is 0 Å². The van der Waals surface area contributed by atoms with Gasteiger partial charge in [0.05, 0.1) is 19.3 Å². The van der Waals surface area contributed by atoms with E-state index in [1.807, 2.05) is 0 Å². The lowest BCUT2D eigenvalue weighted by Crippen LogP contribution is -2.31. The first kappa shape index (κ1) is 12.7. The minimum absolute atomic E-state index is 0.0421. The Kier molecular flexibility index (Phi) is 4.73. The van der Waals surface area contributed by atoms with E-state index in [0.29, 0.717) is 26.1 Å². The van der Waals surface area contributed by atoms with E-state index in [1.165, 1.54) is 0 Å². The molecule has 1 aliphatic rings. The molecule has 1 saturated heterocycles. The van der Waals surface area contributed by atoms with Crippen LogP contribution in [0.5, 0.6) is 0 Å². The minimum Gasteiger partial charge on any atom is -0.415 e. The third-order valence-electron chi connectivity index (χ3n) is 2.01. The molecule has 0 aromatic heterocycles. The maximum atomic E-state index is 8.42. The van der Waals surface area contributed by atoms with Crippen molar-refractivity contribution in [3.05, 3.63) is 0 Å². The van der Waals surface area contributed by atoms with Crippen molar-refractivity contribution >= 4 is 8.32 Å². The van der Waals surface area contributed by atoms with Crippen molar-refractivity contribution in [2.45, 2.75) is 44.9 Å². The Balaban J connectivity index is 2.17. The van der Waals surface area contributed by atoms with Crippen LogP contribution in [0, 0.1) is 11.3 Å². The maximum Gasteiger partial charge on any atom is 0.183 e. The molecule has 15 heavy (non-hydrogen) atoms. The smallest absolute Gasteiger partial charge is 0.183 e. The molecule has 1 heterocycles. The number of hydrogen-bond acceptors (Lipinski definition) is 4. The molecule has 0 amide bonds. The molecule has 86 valence electrons. The van der Waals surface area contributed by atoms with E-state index in [4.69, 9.17) is 19.2 Å². The van der Waals surface area contributed by atoms with Crippen LogP contribution < -0.4 is 0 Å². The van der Waals surface area contributed by atoms with Gasteiger partial charge in [0.1, 0.15) is 6.10 Å². The van der Waals surface area contributed by atoms with E-state index >= 15 is 0 Å². The Morgan fingerprint density at radius 2 is 2.20 bits per heavy atom. The molecule has 5 heteroatoms. The first-order valence-corrected chi connectivity index (χ1v) is 8.70. The second-order valence-corrected chi connectivity index (χ2v) is 9.15. The molecule has 4 nitrogen and oxygen atoms in total. The summed E-state index contributed by atoms with van der Waals surface area (Å²) >= 11 is 0. The fourth-order valence-corrected chi connectivity index (χ4v) is 1.96. The summed E-state index contributed by atoms with van der Waals surface area (Å²) in [7, 11) is -1.46. The number of nitrogens with zero attached hydrogens (tertiary/aromatic N) is 1. The third-order valence-corrected chi connectivity index (χ3v) is 3.04. The number of hydrogen-bond donors (Lipinski definition) is 0. The average molecular weight is 229 g/mol. The third kappa shape index (κ3) is 5.28. The van der Waals surface area contributed by atoms with Crippen molar-refractivity contribution < 1.29 is 13.9 Å². The lowest BCUT2D eigenvalue weighted by molar-refractivity contribution is -0.0669. The van der Waals surface area contributed by atoms with Crippen LogP contribution in [-0.4, -0.2) is 33.9 Å². The minimum atomic E-state index is -1.46. The van der Waals surface area contributed by atoms with Gasteiger partial charge in [0, 0.05) is 12.8 Å². The molecule has 1 fully saturated rings. The molecule has 1 aliphatic heterocycles. The van der Waals surface area contributed by atoms with Gasteiger partial charge in [0.2, 0.25) is 0 Å². The normalized spacial score (nSPS) is 26.5. The molecule has 0 radical (unpaired) electrons. The Morgan fingerprint density at radius 1 is 1.47 bits per heavy atom. The largest absolute Gasteiger partial charge is 0.415 e. The maximum absolute atomic E-state index is 8.42. The van der Waals surface area contributed by atoms with Gasteiger partial charge in [0.15, 0.2) is 14.6 Å². The van der Waals surface area contributed by atoms with Crippen LogP contribution in [0.3, 0.4) is 0 Å². The lowest BCUT2D eigenvalue weighted by atomic mass is 10.3. The summed E-state index contributed by atoms with van der Waals surface area (Å²) in [6.07, 6.45) is 0.965. The van der Waals surface area contributed by atoms with Gasteiger partial charge in [0.25, 0.3) is 0 Å². The van der Waals surface area contributed by atoms with E-state index in [0.717, 1.165) is 0 Å². The van der Waals surface area contributed by atoms with Crippen molar-refractivity contribution in [2.24, 2.45) is 0 Å². The van der Waals surface area contributed by atoms with E-state index in [9.17, 15) is 0 Å². The number of nitriles is 1. The fourth-order valence-electron chi connectivity index (χ4n) is 1.27. The summed E-state index contributed by atoms with van der Waals surface area (Å²) in [5.41, 5.74) is 0. The SMILES string of the molecule is C[Si](C)(C)OCC1COC(CCC#N)O1. The highest BCUT2D eigenvalue weighted by Crippen LogP contribution is 2.17. The van der Waals surface area contributed by atoms with E-state index in [2.05, 4.69) is 25.7 Å². The van der Waals surface area contributed by atoms with Crippen LogP contribution >= 0.6 is 0 Å². The quantitative estimate of drug-likeness (QED) is 0.675. The Morgan fingerprint density at radius 3 is 2.80 bits per heavy atom. The van der Waals surface area contributed by atoms with Gasteiger partial charge in [-0.15, -0.1) is 0 Å². The van der Waals surface area contributed by atoms with Crippen LogP contribution in [-0.2, 0) is 13.9 Å². The van der Waals surface area contributed by atoms with Crippen molar-refractivity contribution in [3.63, 3.8) is 0 Å². The van der Waals surface area contributed by atoms with Crippen LogP contribution in [0.15, 0.2) is 0 Å². The predicted octanol–water partition coefficient (Wildman–Crippen LogP) is 1.88. The Labute approximate surface area is 92.3 Å². The van der Waals surface area contributed by atoms with Gasteiger partial charge in [-0.2, -0.15) is 5.26 Å². The summed E-state index contributed by atoms with van der Waals surface area (Å²) in [5.74, 6) is 0. The summed E-state index contributed by atoms with van der Waals surface area (Å²) in [6, 6.07) is 2.08. The highest BCUT2D eigenvalue weighted by atomic mass is 28.4. The van der Waals surface area contributed by atoms with Gasteiger partial charge in [-0.05, 0) is 19.6 Å². The molecule has 0 saturated carbocycles. The standard InChI is InChI=1S/C10H19NO3Si/c1-15(2,3)13-8-9-7-12-10(14-9)5-4-6-11/h9-10H,4-5,7-8H2,1-3H3. The summed E-state index contributed by atoms with van der Waals surface area (Å²) in [5, 5.41) is 8.42. The molecule has 2 unspecified atom stereocenters. The van der Waals surface area contributed by atoms with Gasteiger partial charge in [-0.1, -0.05) is 0 Å². The van der Waals surface area contributed by atoms with Crippen LogP contribution in [0.25, 0.3) is 0 Å². The second-order valence-electron chi connectivity index (χ2n) is 4.64. The number of ether oxygens (including phenoxy) is 2. The topological polar surface area (TPSA) is 51.5 Å². The lowest BCUT2D eigenvalue weighted by Gasteiger charge is -2.19. The molecule has 0 aromatic carbocycles. The highest BCUT2D eigenvalue weighted by molar-refractivity contribution is 6.69. The second kappa shape index (κ2) is 5.61. The van der Waals surface area contributed by atoms with E-state index < -0.39 is 8.32 Å². The predicted molar refractivity (Wildman–Crippen MR) is 58.8 cm³/mol. The fraction of sp³-hybridized carbons (Fsp3) is 0.900. The Bertz CT molecular complexity index is 234. The molecule has 0 aromatic rings. The molecule has 2 atom stereocenters. The van der Waals surface area contributed by atoms with Gasteiger partial charge in [-0.25, -0.2) is 0 Å². The van der Waals surface area contributed by atoms with E-state index in [1.54, 1.807) is 0 Å². The van der Waals surface area contributed by atoms with Crippen LogP contribution in [0.2, 0.25) is 19.6 Å². The molecule has 0 bridgehead atoms. The molecule has 0 aliphatic carbocycles. The molecular formula is C10H19NO3Si. The summed E-state index contributed by atoms with van der Waals surface area (Å²) in [4.78, 5) is 0. The molecule has 1 rings (SSSR count). The first-order valence-electron chi connectivity index (χ1n) is 5.29. The summed E-state index contributed by atoms with van der Waals surface area (Å²) in [6.45, 7) is 7.64. The first-order chi connectivity index (χ1) is 7.01. The summed E-state index contributed by atoms with van der Waals surface area (Å²) < 4.78 is 16.7. The monoisotopic (exact) mass is 229 g/mol. The van der Waals surface area contributed by atoms with Gasteiger partial charge < -0.3 is 13.9 Å². The number of rotatable bonds is 5. The Hall–Kier alpha value is -0.413. The van der Waals surface area contributed by atoms with Gasteiger partial charge in [-0.3, -0.25) is 0 Å². The van der Waals surface area contributed by atoms with E-state index in [-0.39, 0.29) is 12.4 Å². The zero-order valence-corrected chi connectivity index (χ0v) is 10.7. The highest BCUT2D eigenvalue weighted by Gasteiger charge is 2.27. The van der Waals surface area contributed by atoms with Crippen molar-refractivity contribution in [3.8, 4) is 6.07 Å². The zero-order chi connectivity index (χ0) is 11.3. The molecule has 0 spiro atoms. The zero-order valence-electron chi connectivity index (χ0n) is 9.66. The molecule has 0 N–H and O–H groups in total. The van der Waals surface area contributed by atoms with Crippen molar-refractivity contribution in [1.82, 2.24) is 0 Å². The van der Waals surface area contributed by atoms with Crippen LogP contribution in [0.1, 0.15) is 12.8 Å². The molecular weight excluding hydrogens is 210 g/mol.